The first-order valence-corrected chi connectivity index (χ1v) is 6.06. The first-order valence-electron chi connectivity index (χ1n) is 6.06. The van der Waals surface area contributed by atoms with E-state index < -0.39 is 0 Å². The molecule has 1 aliphatic heterocycles. The van der Waals surface area contributed by atoms with E-state index in [2.05, 4.69) is 38.1 Å². The largest absolute Gasteiger partial charge is 0.393 e. The molecule has 2 nitrogen and oxygen atoms in total. The average Bonchev–Trinajstić information content (AvgIpc) is 2.29. The minimum Gasteiger partial charge on any atom is -0.393 e. The SMILES string of the molecule is CC(C)c1cccc(C2CC(O)CCO2)c1. The van der Waals surface area contributed by atoms with E-state index in [-0.39, 0.29) is 12.2 Å². The van der Waals surface area contributed by atoms with Crippen LogP contribution >= 0.6 is 0 Å². The van der Waals surface area contributed by atoms with Gasteiger partial charge in [-0.3, -0.25) is 0 Å². The summed E-state index contributed by atoms with van der Waals surface area (Å²) in [6.07, 6.45) is 1.35. The smallest absolute Gasteiger partial charge is 0.0849 e. The van der Waals surface area contributed by atoms with Crippen LogP contribution in [0, 0.1) is 0 Å². The van der Waals surface area contributed by atoms with E-state index in [0.717, 1.165) is 12.8 Å². The van der Waals surface area contributed by atoms with Gasteiger partial charge in [-0.15, -0.1) is 0 Å². The van der Waals surface area contributed by atoms with Crippen molar-refractivity contribution in [1.82, 2.24) is 0 Å². The maximum Gasteiger partial charge on any atom is 0.0849 e. The zero-order valence-electron chi connectivity index (χ0n) is 10.0. The summed E-state index contributed by atoms with van der Waals surface area (Å²) in [5.74, 6) is 0.536. The van der Waals surface area contributed by atoms with Gasteiger partial charge >= 0.3 is 0 Å². The third kappa shape index (κ3) is 2.63. The molecule has 1 aromatic carbocycles. The summed E-state index contributed by atoms with van der Waals surface area (Å²) in [6, 6.07) is 8.52. The molecule has 0 bridgehead atoms. The molecule has 0 saturated carbocycles. The van der Waals surface area contributed by atoms with Crippen molar-refractivity contribution in [2.24, 2.45) is 0 Å². The van der Waals surface area contributed by atoms with Crippen LogP contribution in [0.4, 0.5) is 0 Å². The van der Waals surface area contributed by atoms with E-state index in [1.165, 1.54) is 11.1 Å². The summed E-state index contributed by atoms with van der Waals surface area (Å²) >= 11 is 0. The van der Waals surface area contributed by atoms with Gasteiger partial charge in [-0.05, 0) is 23.5 Å². The summed E-state index contributed by atoms with van der Waals surface area (Å²) in [5, 5.41) is 9.64. The molecule has 88 valence electrons. The number of aliphatic hydroxyl groups excluding tert-OH is 1. The highest BCUT2D eigenvalue weighted by molar-refractivity contribution is 5.27. The highest BCUT2D eigenvalue weighted by Crippen LogP contribution is 2.29. The fourth-order valence-electron chi connectivity index (χ4n) is 2.13. The molecule has 0 spiro atoms. The quantitative estimate of drug-likeness (QED) is 0.830. The third-order valence-electron chi connectivity index (χ3n) is 3.21. The third-order valence-corrected chi connectivity index (χ3v) is 3.21. The highest BCUT2D eigenvalue weighted by atomic mass is 16.5. The number of aliphatic hydroxyl groups is 1. The first kappa shape index (κ1) is 11.6. The van der Waals surface area contributed by atoms with Crippen molar-refractivity contribution >= 4 is 0 Å². The second kappa shape index (κ2) is 4.98. The minimum atomic E-state index is -0.207. The van der Waals surface area contributed by atoms with Crippen LogP contribution < -0.4 is 0 Å². The lowest BCUT2D eigenvalue weighted by Crippen LogP contribution is -2.23. The predicted molar refractivity (Wildman–Crippen MR) is 64.5 cm³/mol. The van der Waals surface area contributed by atoms with Crippen LogP contribution in [0.2, 0.25) is 0 Å². The van der Waals surface area contributed by atoms with Crippen LogP contribution in [0.5, 0.6) is 0 Å². The molecule has 1 saturated heterocycles. The lowest BCUT2D eigenvalue weighted by atomic mass is 9.95. The summed E-state index contributed by atoms with van der Waals surface area (Å²) in [6.45, 7) is 5.04. The molecule has 0 aromatic heterocycles. The fourth-order valence-corrected chi connectivity index (χ4v) is 2.13. The molecule has 2 unspecified atom stereocenters. The Morgan fingerprint density at radius 3 is 2.88 bits per heavy atom. The Bertz CT molecular complexity index is 346. The monoisotopic (exact) mass is 220 g/mol. The van der Waals surface area contributed by atoms with Gasteiger partial charge in [0, 0.05) is 13.0 Å². The van der Waals surface area contributed by atoms with Gasteiger partial charge in [-0.25, -0.2) is 0 Å². The van der Waals surface area contributed by atoms with Crippen molar-refractivity contribution in [3.05, 3.63) is 35.4 Å². The lowest BCUT2D eigenvalue weighted by Gasteiger charge is -2.27. The molecular weight excluding hydrogens is 200 g/mol. The topological polar surface area (TPSA) is 29.5 Å². The van der Waals surface area contributed by atoms with Crippen LogP contribution in [-0.2, 0) is 4.74 Å². The van der Waals surface area contributed by atoms with Gasteiger partial charge in [-0.2, -0.15) is 0 Å². The van der Waals surface area contributed by atoms with Crippen LogP contribution in [0.25, 0.3) is 0 Å². The van der Waals surface area contributed by atoms with E-state index in [1.807, 2.05) is 0 Å². The molecule has 1 N–H and O–H groups in total. The number of benzene rings is 1. The highest BCUT2D eigenvalue weighted by Gasteiger charge is 2.22. The van der Waals surface area contributed by atoms with Gasteiger partial charge < -0.3 is 9.84 Å². The molecule has 16 heavy (non-hydrogen) atoms. The Morgan fingerprint density at radius 1 is 1.38 bits per heavy atom. The molecule has 0 radical (unpaired) electrons. The molecular formula is C14H20O2. The Balaban J connectivity index is 2.16. The van der Waals surface area contributed by atoms with Gasteiger partial charge in [0.25, 0.3) is 0 Å². The average molecular weight is 220 g/mol. The normalized spacial score (nSPS) is 26.0. The van der Waals surface area contributed by atoms with Gasteiger partial charge in [0.15, 0.2) is 0 Å². The first-order chi connectivity index (χ1) is 7.66. The Labute approximate surface area is 97.3 Å². The van der Waals surface area contributed by atoms with Gasteiger partial charge in [0.2, 0.25) is 0 Å². The van der Waals surface area contributed by atoms with Crippen molar-refractivity contribution in [3.63, 3.8) is 0 Å². The van der Waals surface area contributed by atoms with E-state index in [4.69, 9.17) is 4.74 Å². The van der Waals surface area contributed by atoms with Crippen LogP contribution in [-0.4, -0.2) is 17.8 Å². The zero-order valence-corrected chi connectivity index (χ0v) is 10.0. The summed E-state index contributed by atoms with van der Waals surface area (Å²) in [5.41, 5.74) is 2.53. The summed E-state index contributed by atoms with van der Waals surface area (Å²) in [7, 11) is 0. The van der Waals surface area contributed by atoms with Crippen molar-refractivity contribution in [1.29, 1.82) is 0 Å². The van der Waals surface area contributed by atoms with E-state index in [1.54, 1.807) is 0 Å². The molecule has 0 aliphatic carbocycles. The molecule has 2 heteroatoms. The molecule has 2 rings (SSSR count). The molecule has 1 heterocycles. The minimum absolute atomic E-state index is 0.0717. The second-order valence-corrected chi connectivity index (χ2v) is 4.86. The summed E-state index contributed by atoms with van der Waals surface area (Å²) in [4.78, 5) is 0. The molecule has 2 atom stereocenters. The van der Waals surface area contributed by atoms with Crippen molar-refractivity contribution < 1.29 is 9.84 Å². The fraction of sp³-hybridized carbons (Fsp3) is 0.571. The molecule has 1 aromatic rings. The predicted octanol–water partition coefficient (Wildman–Crippen LogP) is 3.02. The number of hydrogen-bond acceptors (Lipinski definition) is 2. The van der Waals surface area contributed by atoms with Crippen molar-refractivity contribution in [2.75, 3.05) is 6.61 Å². The molecule has 1 fully saturated rings. The maximum absolute atomic E-state index is 9.64. The maximum atomic E-state index is 9.64. The number of rotatable bonds is 2. The van der Waals surface area contributed by atoms with Gasteiger partial charge in [0.05, 0.1) is 12.2 Å². The van der Waals surface area contributed by atoms with E-state index >= 15 is 0 Å². The summed E-state index contributed by atoms with van der Waals surface area (Å²) < 4.78 is 5.71. The van der Waals surface area contributed by atoms with Crippen LogP contribution in [0.1, 0.15) is 49.8 Å². The van der Waals surface area contributed by atoms with Gasteiger partial charge in [-0.1, -0.05) is 38.1 Å². The zero-order chi connectivity index (χ0) is 11.5. The van der Waals surface area contributed by atoms with E-state index in [9.17, 15) is 5.11 Å². The van der Waals surface area contributed by atoms with Crippen LogP contribution in [0.3, 0.4) is 0 Å². The second-order valence-electron chi connectivity index (χ2n) is 4.86. The van der Waals surface area contributed by atoms with E-state index in [0.29, 0.717) is 12.5 Å². The molecule has 1 aliphatic rings. The lowest BCUT2D eigenvalue weighted by molar-refractivity contribution is -0.0448. The van der Waals surface area contributed by atoms with Crippen LogP contribution in [0.15, 0.2) is 24.3 Å². The van der Waals surface area contributed by atoms with Crippen molar-refractivity contribution in [3.8, 4) is 0 Å². The Kier molecular flexibility index (Phi) is 3.62. The van der Waals surface area contributed by atoms with Crippen molar-refractivity contribution in [2.45, 2.75) is 44.8 Å². The Hall–Kier alpha value is -0.860. The molecule has 0 amide bonds. The Morgan fingerprint density at radius 2 is 2.19 bits per heavy atom. The number of hydrogen-bond donors (Lipinski definition) is 1. The number of ether oxygens (including phenoxy) is 1. The van der Waals surface area contributed by atoms with Gasteiger partial charge in [0.1, 0.15) is 0 Å². The standard InChI is InChI=1S/C14H20O2/c1-10(2)11-4-3-5-12(8-11)14-9-13(15)6-7-16-14/h3-5,8,10,13-15H,6-7,9H2,1-2H3.